The highest BCUT2D eigenvalue weighted by Gasteiger charge is 2.12. The molecule has 0 aromatic heterocycles. The molecule has 0 heterocycles. The third-order valence-electron chi connectivity index (χ3n) is 4.14. The van der Waals surface area contributed by atoms with Gasteiger partial charge < -0.3 is 9.79 Å². The van der Waals surface area contributed by atoms with Crippen LogP contribution in [0, 0.1) is 0 Å². The number of hydrogen-bond acceptors (Lipinski definition) is 2. The second-order valence-electron chi connectivity index (χ2n) is 6.53. The molecule has 0 saturated heterocycles. The van der Waals surface area contributed by atoms with Gasteiger partial charge in [0.05, 0.1) is 6.61 Å². The molecule has 0 aliphatic carbocycles. The lowest BCUT2D eigenvalue weighted by molar-refractivity contribution is 0.193. The van der Waals surface area contributed by atoms with Gasteiger partial charge in [0.25, 0.3) is 0 Å². The summed E-state index contributed by atoms with van der Waals surface area (Å²) in [4.78, 5) is 16.8. The van der Waals surface area contributed by atoms with Crippen LogP contribution in [0.25, 0.3) is 11.1 Å². The first-order chi connectivity index (χ1) is 13.0. The maximum atomic E-state index is 10.3. The third-order valence-corrected chi connectivity index (χ3v) is 4.66. The third kappa shape index (κ3) is 13.4. The molecule has 0 atom stereocenters. The molecule has 0 fully saturated rings. The first kappa shape index (κ1) is 23.6. The van der Waals surface area contributed by atoms with Gasteiger partial charge in [-0.3, -0.25) is 4.52 Å². The molecule has 150 valence electrons. The first-order valence-electron chi connectivity index (χ1n) is 9.83. The number of phosphoric acid groups is 1. The van der Waals surface area contributed by atoms with Gasteiger partial charge in [0.1, 0.15) is 0 Å². The van der Waals surface area contributed by atoms with Gasteiger partial charge in [-0.15, -0.1) is 0 Å². The van der Waals surface area contributed by atoms with E-state index in [-0.39, 0.29) is 6.61 Å². The van der Waals surface area contributed by atoms with Crippen LogP contribution in [0.5, 0.6) is 0 Å². The number of phosphoric ester groups is 1. The van der Waals surface area contributed by atoms with E-state index < -0.39 is 7.82 Å². The maximum absolute atomic E-state index is 10.3. The maximum Gasteiger partial charge on any atom is 0.469 e. The van der Waals surface area contributed by atoms with Crippen LogP contribution >= 0.6 is 7.82 Å². The molecule has 0 amide bonds. The van der Waals surface area contributed by atoms with Crippen molar-refractivity contribution < 1.29 is 18.9 Å². The van der Waals surface area contributed by atoms with Crippen molar-refractivity contribution in [3.63, 3.8) is 0 Å². The van der Waals surface area contributed by atoms with E-state index in [2.05, 4.69) is 60.0 Å². The molecule has 0 bridgehead atoms. The second-order valence-corrected chi connectivity index (χ2v) is 7.77. The van der Waals surface area contributed by atoms with Gasteiger partial charge in [0.2, 0.25) is 0 Å². The number of unbranched alkanes of at least 4 members (excludes halogenated alkanes) is 7. The van der Waals surface area contributed by atoms with Gasteiger partial charge in [-0.2, -0.15) is 0 Å². The molecule has 27 heavy (non-hydrogen) atoms. The largest absolute Gasteiger partial charge is 0.469 e. The zero-order valence-electron chi connectivity index (χ0n) is 16.3. The molecule has 0 saturated carbocycles. The fraction of sp³-hybridized carbons (Fsp3) is 0.455. The van der Waals surface area contributed by atoms with Crippen molar-refractivity contribution >= 4 is 7.82 Å². The number of rotatable bonds is 11. The SMILES string of the molecule is CCCCCCCCCCOP(=O)(O)O.c1ccc(-c2ccccc2)cc1. The van der Waals surface area contributed by atoms with E-state index in [1.165, 1.54) is 43.2 Å². The minimum absolute atomic E-state index is 0.166. The fourth-order valence-corrected chi connectivity index (χ4v) is 3.05. The van der Waals surface area contributed by atoms with E-state index in [0.717, 1.165) is 19.3 Å². The Balaban J connectivity index is 0.000000274. The van der Waals surface area contributed by atoms with Crippen molar-refractivity contribution in [2.24, 2.45) is 0 Å². The molecule has 2 N–H and O–H groups in total. The van der Waals surface area contributed by atoms with Crippen LogP contribution in [-0.2, 0) is 9.09 Å². The van der Waals surface area contributed by atoms with Crippen LogP contribution in [0.1, 0.15) is 58.3 Å². The second kappa shape index (κ2) is 14.6. The van der Waals surface area contributed by atoms with Crippen LogP contribution in [-0.4, -0.2) is 16.4 Å². The predicted molar refractivity (Wildman–Crippen MR) is 112 cm³/mol. The van der Waals surface area contributed by atoms with Crippen molar-refractivity contribution in [3.05, 3.63) is 60.7 Å². The highest BCUT2D eigenvalue weighted by molar-refractivity contribution is 7.46. The van der Waals surface area contributed by atoms with E-state index in [9.17, 15) is 4.57 Å². The first-order valence-corrected chi connectivity index (χ1v) is 11.4. The summed E-state index contributed by atoms with van der Waals surface area (Å²) in [6, 6.07) is 20.8. The molecule has 4 nitrogen and oxygen atoms in total. The highest BCUT2D eigenvalue weighted by atomic mass is 31.2. The Labute approximate surface area is 163 Å². The van der Waals surface area contributed by atoms with Gasteiger partial charge in [0.15, 0.2) is 0 Å². The van der Waals surface area contributed by atoms with Gasteiger partial charge in [-0.05, 0) is 17.5 Å². The average molecular weight is 392 g/mol. The van der Waals surface area contributed by atoms with Crippen LogP contribution < -0.4 is 0 Å². The zero-order chi connectivity index (χ0) is 19.8. The molecule has 0 spiro atoms. The summed E-state index contributed by atoms with van der Waals surface area (Å²) >= 11 is 0. The topological polar surface area (TPSA) is 66.8 Å². The van der Waals surface area contributed by atoms with E-state index in [0.29, 0.717) is 0 Å². The summed E-state index contributed by atoms with van der Waals surface area (Å²) in [6.45, 7) is 2.36. The van der Waals surface area contributed by atoms with Gasteiger partial charge in [0, 0.05) is 0 Å². The van der Waals surface area contributed by atoms with Gasteiger partial charge >= 0.3 is 7.82 Å². The molecule has 2 aromatic carbocycles. The van der Waals surface area contributed by atoms with Crippen molar-refractivity contribution in [3.8, 4) is 11.1 Å². The normalized spacial score (nSPS) is 10.9. The molecular formula is C22H33O4P. The van der Waals surface area contributed by atoms with Crippen molar-refractivity contribution in [2.45, 2.75) is 58.3 Å². The Hall–Kier alpha value is -1.45. The fourth-order valence-electron chi connectivity index (χ4n) is 2.68. The Kier molecular flexibility index (Phi) is 12.7. The van der Waals surface area contributed by atoms with Gasteiger partial charge in [-0.1, -0.05) is 113 Å². The molecular weight excluding hydrogens is 359 g/mol. The summed E-state index contributed by atoms with van der Waals surface area (Å²) in [5.74, 6) is 0. The molecule has 5 heteroatoms. The summed E-state index contributed by atoms with van der Waals surface area (Å²) < 4.78 is 14.7. The molecule has 0 aliphatic heterocycles. The lowest BCUT2D eigenvalue weighted by atomic mass is 10.1. The molecule has 2 aromatic rings. The van der Waals surface area contributed by atoms with E-state index in [1.807, 2.05) is 12.1 Å². The van der Waals surface area contributed by atoms with Crippen LogP contribution in [0.4, 0.5) is 0 Å². The van der Waals surface area contributed by atoms with Gasteiger partial charge in [-0.25, -0.2) is 4.57 Å². The summed E-state index contributed by atoms with van der Waals surface area (Å²) in [6.07, 6.45) is 9.22. The zero-order valence-corrected chi connectivity index (χ0v) is 17.2. The summed E-state index contributed by atoms with van der Waals surface area (Å²) in [7, 11) is -4.24. The quantitative estimate of drug-likeness (QED) is 0.334. The van der Waals surface area contributed by atoms with E-state index >= 15 is 0 Å². The molecule has 0 unspecified atom stereocenters. The number of hydrogen-bond donors (Lipinski definition) is 2. The summed E-state index contributed by atoms with van der Waals surface area (Å²) in [5.41, 5.74) is 2.55. The van der Waals surface area contributed by atoms with Crippen molar-refractivity contribution in [1.82, 2.24) is 0 Å². The van der Waals surface area contributed by atoms with Crippen molar-refractivity contribution in [2.75, 3.05) is 6.61 Å². The van der Waals surface area contributed by atoms with Crippen LogP contribution in [0.3, 0.4) is 0 Å². The predicted octanol–water partition coefficient (Wildman–Crippen LogP) is 6.59. The highest BCUT2D eigenvalue weighted by Crippen LogP contribution is 2.35. The Morgan fingerprint density at radius 2 is 1.11 bits per heavy atom. The Morgan fingerprint density at radius 1 is 0.704 bits per heavy atom. The lowest BCUT2D eigenvalue weighted by Gasteiger charge is -2.04. The standard InChI is InChI=1S/C12H10.C10H23O4P/c1-3-7-11(8-4-1)12-9-5-2-6-10-12;1-2-3-4-5-6-7-8-9-10-14-15(11,12)13/h1-10H;2-10H2,1H3,(H2,11,12,13). The number of benzene rings is 2. The minimum Gasteiger partial charge on any atom is -0.303 e. The molecule has 2 rings (SSSR count). The van der Waals surface area contributed by atoms with Crippen LogP contribution in [0.15, 0.2) is 60.7 Å². The van der Waals surface area contributed by atoms with Crippen molar-refractivity contribution in [1.29, 1.82) is 0 Å². The van der Waals surface area contributed by atoms with E-state index in [4.69, 9.17) is 9.79 Å². The smallest absolute Gasteiger partial charge is 0.303 e. The molecule has 0 radical (unpaired) electrons. The Bertz CT molecular complexity index is 588. The minimum atomic E-state index is -4.24. The summed E-state index contributed by atoms with van der Waals surface area (Å²) in [5, 5.41) is 0. The van der Waals surface area contributed by atoms with E-state index in [1.54, 1.807) is 0 Å². The monoisotopic (exact) mass is 392 g/mol. The lowest BCUT2D eigenvalue weighted by Crippen LogP contribution is -1.92. The molecule has 0 aliphatic rings. The average Bonchev–Trinajstić information content (AvgIpc) is 2.68. The van der Waals surface area contributed by atoms with Crippen LogP contribution in [0.2, 0.25) is 0 Å². The Morgan fingerprint density at radius 3 is 1.52 bits per heavy atom.